The van der Waals surface area contributed by atoms with Gasteiger partial charge in [0.15, 0.2) is 0 Å². The summed E-state index contributed by atoms with van der Waals surface area (Å²) in [6, 6.07) is 0. The van der Waals surface area contributed by atoms with Crippen molar-refractivity contribution in [2.75, 3.05) is 37.9 Å². The quantitative estimate of drug-likeness (QED) is 0.550. The maximum absolute atomic E-state index is 11.4. The van der Waals surface area contributed by atoms with Crippen molar-refractivity contribution < 1.29 is 8.42 Å². The van der Waals surface area contributed by atoms with Crippen LogP contribution in [0.1, 0.15) is 25.7 Å². The number of hydrogen-bond acceptors (Lipinski definition) is 4. The van der Waals surface area contributed by atoms with Gasteiger partial charge in [0.05, 0.1) is 5.75 Å². The molecule has 0 unspecified atom stereocenters. The number of nitrogens with one attached hydrogen (secondary N) is 2. The third kappa shape index (κ3) is 10.7. The molecule has 0 aromatic heterocycles. The smallest absolute Gasteiger partial charge is 0.212 e. The van der Waals surface area contributed by atoms with Gasteiger partial charge in [-0.05, 0) is 31.9 Å². The molecule has 0 aliphatic rings. The van der Waals surface area contributed by atoms with E-state index in [9.17, 15) is 8.42 Å². The first kappa shape index (κ1) is 16.2. The summed E-state index contributed by atoms with van der Waals surface area (Å²) >= 11 is 1.86. The molecule has 0 bridgehead atoms. The molecule has 0 aliphatic heterocycles. The first-order chi connectivity index (χ1) is 7.62. The van der Waals surface area contributed by atoms with Gasteiger partial charge in [-0.3, -0.25) is 0 Å². The molecule has 16 heavy (non-hydrogen) atoms. The van der Waals surface area contributed by atoms with Crippen LogP contribution in [-0.4, -0.2) is 46.3 Å². The highest BCUT2D eigenvalue weighted by molar-refractivity contribution is 7.98. The molecule has 0 aromatic carbocycles. The molecule has 0 atom stereocenters. The lowest BCUT2D eigenvalue weighted by molar-refractivity contribution is 0.571. The molecule has 0 rings (SSSR count). The molecule has 0 saturated carbocycles. The summed E-state index contributed by atoms with van der Waals surface area (Å²) in [6.07, 6.45) is 6.57. The predicted molar refractivity (Wildman–Crippen MR) is 72.6 cm³/mol. The van der Waals surface area contributed by atoms with Crippen molar-refractivity contribution >= 4 is 21.8 Å². The second-order valence-electron chi connectivity index (χ2n) is 3.72. The first-order valence-electron chi connectivity index (χ1n) is 5.73. The largest absolute Gasteiger partial charge is 0.319 e. The van der Waals surface area contributed by atoms with Crippen molar-refractivity contribution in [3.8, 4) is 0 Å². The van der Waals surface area contributed by atoms with E-state index >= 15 is 0 Å². The molecule has 6 heteroatoms. The molecule has 0 saturated heterocycles. The summed E-state index contributed by atoms with van der Waals surface area (Å²) in [4.78, 5) is 0. The maximum atomic E-state index is 11.4. The Hall–Kier alpha value is 0.220. The fraction of sp³-hybridized carbons (Fsp3) is 1.00. The van der Waals surface area contributed by atoms with Crippen LogP contribution in [-0.2, 0) is 10.0 Å². The lowest BCUT2D eigenvalue weighted by Crippen LogP contribution is -2.31. The van der Waals surface area contributed by atoms with Crippen LogP contribution < -0.4 is 10.0 Å². The fourth-order valence-electron chi connectivity index (χ4n) is 1.26. The van der Waals surface area contributed by atoms with Gasteiger partial charge in [-0.25, -0.2) is 13.1 Å². The lowest BCUT2D eigenvalue weighted by Gasteiger charge is -2.06. The van der Waals surface area contributed by atoms with Gasteiger partial charge in [-0.15, -0.1) is 0 Å². The Balaban J connectivity index is 3.36. The molecule has 0 spiro atoms. The van der Waals surface area contributed by atoms with Crippen molar-refractivity contribution in [3.05, 3.63) is 0 Å². The Morgan fingerprint density at radius 1 is 1.06 bits per heavy atom. The SMILES string of the molecule is CNCCS(=O)(=O)NCCCCCCSC. The van der Waals surface area contributed by atoms with E-state index in [-0.39, 0.29) is 5.75 Å². The van der Waals surface area contributed by atoms with Gasteiger partial charge in [-0.1, -0.05) is 12.8 Å². The van der Waals surface area contributed by atoms with Crippen molar-refractivity contribution in [1.82, 2.24) is 10.0 Å². The minimum absolute atomic E-state index is 0.163. The van der Waals surface area contributed by atoms with Crippen molar-refractivity contribution in [3.63, 3.8) is 0 Å². The molecule has 0 amide bonds. The summed E-state index contributed by atoms with van der Waals surface area (Å²) < 4.78 is 25.4. The topological polar surface area (TPSA) is 58.2 Å². The Bertz CT molecular complexity index is 243. The number of rotatable bonds is 11. The summed E-state index contributed by atoms with van der Waals surface area (Å²) in [6.45, 7) is 1.08. The molecule has 4 nitrogen and oxygen atoms in total. The minimum Gasteiger partial charge on any atom is -0.319 e. The minimum atomic E-state index is -3.06. The Morgan fingerprint density at radius 2 is 1.75 bits per heavy atom. The normalized spacial score (nSPS) is 11.9. The molecular formula is C10H24N2O2S2. The third-order valence-corrected chi connectivity index (χ3v) is 4.30. The zero-order valence-corrected chi connectivity index (χ0v) is 11.9. The van der Waals surface area contributed by atoms with Gasteiger partial charge >= 0.3 is 0 Å². The van der Waals surface area contributed by atoms with Crippen LogP contribution in [0.3, 0.4) is 0 Å². The lowest BCUT2D eigenvalue weighted by atomic mass is 10.2. The molecule has 0 radical (unpaired) electrons. The number of thioether (sulfide) groups is 1. The highest BCUT2D eigenvalue weighted by atomic mass is 32.2. The first-order valence-corrected chi connectivity index (χ1v) is 8.78. The number of unbranched alkanes of at least 4 members (excludes halogenated alkanes) is 3. The average Bonchev–Trinajstić information content (AvgIpc) is 2.25. The van der Waals surface area contributed by atoms with Gasteiger partial charge in [0.25, 0.3) is 0 Å². The van der Waals surface area contributed by atoms with Gasteiger partial charge in [0.1, 0.15) is 0 Å². The summed E-state index contributed by atoms with van der Waals surface area (Å²) in [5, 5.41) is 2.83. The van der Waals surface area contributed by atoms with E-state index in [0.29, 0.717) is 13.1 Å². The third-order valence-electron chi connectivity index (χ3n) is 2.22. The Kier molecular flexibility index (Phi) is 10.5. The summed E-state index contributed by atoms with van der Waals surface area (Å²) in [5.74, 6) is 1.36. The Labute approximate surface area is 104 Å². The highest BCUT2D eigenvalue weighted by Gasteiger charge is 2.07. The average molecular weight is 268 g/mol. The predicted octanol–water partition coefficient (Wildman–Crippen LogP) is 1.05. The standard InChI is InChI=1S/C10H24N2O2S2/c1-11-8-10-16(13,14)12-7-5-3-4-6-9-15-2/h11-12H,3-10H2,1-2H3. The second kappa shape index (κ2) is 10.4. The van der Waals surface area contributed by atoms with E-state index in [1.165, 1.54) is 18.6 Å². The molecule has 0 heterocycles. The molecule has 0 aliphatic carbocycles. The molecular weight excluding hydrogens is 244 g/mol. The van der Waals surface area contributed by atoms with Crippen LogP contribution in [0.15, 0.2) is 0 Å². The number of sulfonamides is 1. The van der Waals surface area contributed by atoms with E-state index in [0.717, 1.165) is 12.8 Å². The van der Waals surface area contributed by atoms with Gasteiger partial charge in [0, 0.05) is 13.1 Å². The van der Waals surface area contributed by atoms with Crippen molar-refractivity contribution in [2.24, 2.45) is 0 Å². The Morgan fingerprint density at radius 3 is 2.38 bits per heavy atom. The van der Waals surface area contributed by atoms with E-state index in [2.05, 4.69) is 16.3 Å². The molecule has 0 aromatic rings. The van der Waals surface area contributed by atoms with Crippen LogP contribution in [0.4, 0.5) is 0 Å². The van der Waals surface area contributed by atoms with Gasteiger partial charge < -0.3 is 5.32 Å². The zero-order valence-electron chi connectivity index (χ0n) is 10.3. The summed E-state index contributed by atoms with van der Waals surface area (Å²) in [7, 11) is -1.31. The van der Waals surface area contributed by atoms with Crippen LogP contribution in [0.25, 0.3) is 0 Å². The number of hydrogen-bond donors (Lipinski definition) is 2. The van der Waals surface area contributed by atoms with E-state index in [4.69, 9.17) is 0 Å². The molecule has 0 fully saturated rings. The van der Waals surface area contributed by atoms with Crippen LogP contribution in [0.5, 0.6) is 0 Å². The zero-order chi connectivity index (χ0) is 12.3. The van der Waals surface area contributed by atoms with Crippen LogP contribution in [0.2, 0.25) is 0 Å². The van der Waals surface area contributed by atoms with E-state index in [1.807, 2.05) is 11.8 Å². The van der Waals surface area contributed by atoms with Crippen molar-refractivity contribution in [2.45, 2.75) is 25.7 Å². The van der Waals surface area contributed by atoms with Crippen LogP contribution >= 0.6 is 11.8 Å². The van der Waals surface area contributed by atoms with Gasteiger partial charge in [-0.2, -0.15) is 11.8 Å². The van der Waals surface area contributed by atoms with Gasteiger partial charge in [0.2, 0.25) is 10.0 Å². The monoisotopic (exact) mass is 268 g/mol. The second-order valence-corrected chi connectivity index (χ2v) is 6.64. The molecule has 2 N–H and O–H groups in total. The highest BCUT2D eigenvalue weighted by Crippen LogP contribution is 2.04. The maximum Gasteiger partial charge on any atom is 0.212 e. The fourth-order valence-corrected chi connectivity index (χ4v) is 2.83. The molecule has 98 valence electrons. The van der Waals surface area contributed by atoms with Crippen molar-refractivity contribution in [1.29, 1.82) is 0 Å². The summed E-state index contributed by atoms with van der Waals surface area (Å²) in [5.41, 5.74) is 0. The van der Waals surface area contributed by atoms with E-state index in [1.54, 1.807) is 7.05 Å². The van der Waals surface area contributed by atoms with E-state index < -0.39 is 10.0 Å². The van der Waals surface area contributed by atoms with Crippen LogP contribution in [0, 0.1) is 0 Å².